The molecule has 21 heavy (non-hydrogen) atoms. The van der Waals surface area contributed by atoms with E-state index in [1.54, 1.807) is 0 Å². The first-order valence-electron chi connectivity index (χ1n) is 7.28. The highest BCUT2D eigenvalue weighted by molar-refractivity contribution is 6.30. The van der Waals surface area contributed by atoms with Gasteiger partial charge in [-0.15, -0.1) is 0 Å². The number of nitrogens with zero attached hydrogens (tertiary/aromatic N) is 1. The van der Waals surface area contributed by atoms with E-state index in [0.29, 0.717) is 0 Å². The van der Waals surface area contributed by atoms with Crippen molar-refractivity contribution in [2.24, 2.45) is 0 Å². The largest absolute Gasteiger partial charge is 0.444 e. The average Bonchev–Trinajstić information content (AvgIpc) is 2.77. The molecule has 0 spiro atoms. The van der Waals surface area contributed by atoms with E-state index in [1.807, 2.05) is 45.0 Å². The second-order valence-corrected chi connectivity index (χ2v) is 6.93. The summed E-state index contributed by atoms with van der Waals surface area (Å²) in [5.74, 6) is 0. The number of carbonyl (C=O) groups excluding carboxylic acids is 1. The molecular formula is C16H23ClN2O2. The smallest absolute Gasteiger partial charge is 0.407 e. The quantitative estimate of drug-likeness (QED) is 0.930. The van der Waals surface area contributed by atoms with Crippen molar-refractivity contribution in [3.63, 3.8) is 0 Å². The molecular weight excluding hydrogens is 288 g/mol. The zero-order valence-electron chi connectivity index (χ0n) is 12.9. The van der Waals surface area contributed by atoms with E-state index in [9.17, 15) is 4.79 Å². The molecule has 1 atom stereocenters. The van der Waals surface area contributed by atoms with Crippen LogP contribution in [0.5, 0.6) is 0 Å². The van der Waals surface area contributed by atoms with Crippen LogP contribution in [0.15, 0.2) is 24.3 Å². The van der Waals surface area contributed by atoms with Crippen molar-refractivity contribution in [2.75, 3.05) is 13.1 Å². The predicted octanol–water partition coefficient (Wildman–Crippen LogP) is 3.44. The molecule has 1 heterocycles. The van der Waals surface area contributed by atoms with Gasteiger partial charge in [0.05, 0.1) is 0 Å². The highest BCUT2D eigenvalue weighted by Gasteiger charge is 2.25. The lowest BCUT2D eigenvalue weighted by Gasteiger charge is -2.22. The molecule has 1 N–H and O–H groups in total. The van der Waals surface area contributed by atoms with Gasteiger partial charge in [0.25, 0.3) is 0 Å². The Kier molecular flexibility index (Phi) is 5.12. The molecule has 2 rings (SSSR count). The number of hydrogen-bond donors (Lipinski definition) is 1. The molecule has 0 unspecified atom stereocenters. The highest BCUT2D eigenvalue weighted by atomic mass is 35.5. The third kappa shape index (κ3) is 5.56. The summed E-state index contributed by atoms with van der Waals surface area (Å²) in [5.41, 5.74) is 0.781. The van der Waals surface area contributed by atoms with Crippen LogP contribution in [0, 0.1) is 0 Å². The second-order valence-electron chi connectivity index (χ2n) is 6.49. The van der Waals surface area contributed by atoms with Crippen molar-refractivity contribution in [2.45, 2.75) is 45.4 Å². The lowest BCUT2D eigenvalue weighted by atomic mass is 10.2. The number of nitrogens with one attached hydrogen (secondary N) is 1. The van der Waals surface area contributed by atoms with E-state index in [4.69, 9.17) is 16.3 Å². The maximum Gasteiger partial charge on any atom is 0.407 e. The first kappa shape index (κ1) is 16.1. The molecule has 116 valence electrons. The third-order valence-corrected chi connectivity index (χ3v) is 3.56. The van der Waals surface area contributed by atoms with Gasteiger partial charge >= 0.3 is 6.09 Å². The summed E-state index contributed by atoms with van der Waals surface area (Å²) in [4.78, 5) is 14.1. The minimum Gasteiger partial charge on any atom is -0.444 e. The van der Waals surface area contributed by atoms with Crippen LogP contribution in [0.25, 0.3) is 0 Å². The number of amides is 1. The Balaban J connectivity index is 1.78. The SMILES string of the molecule is CC(C)(C)OC(=O)N[C@H]1CCN(Cc2ccc(Cl)cc2)C1. The Bertz CT molecular complexity index is 482. The number of benzene rings is 1. The molecule has 1 aromatic carbocycles. The van der Waals surface area contributed by atoms with Crippen LogP contribution in [0.3, 0.4) is 0 Å². The van der Waals surface area contributed by atoms with Crippen LogP contribution in [0.4, 0.5) is 4.79 Å². The van der Waals surface area contributed by atoms with Crippen molar-refractivity contribution >= 4 is 17.7 Å². The van der Waals surface area contributed by atoms with E-state index in [0.717, 1.165) is 31.1 Å². The van der Waals surface area contributed by atoms with Crippen LogP contribution >= 0.6 is 11.6 Å². The Morgan fingerprint density at radius 2 is 2.05 bits per heavy atom. The maximum absolute atomic E-state index is 11.8. The summed E-state index contributed by atoms with van der Waals surface area (Å²) in [7, 11) is 0. The highest BCUT2D eigenvalue weighted by Crippen LogP contribution is 2.16. The Labute approximate surface area is 131 Å². The summed E-state index contributed by atoms with van der Waals surface area (Å²) in [5, 5.41) is 3.69. The normalized spacial score (nSPS) is 19.5. The molecule has 0 radical (unpaired) electrons. The average molecular weight is 311 g/mol. The van der Waals surface area contributed by atoms with Gasteiger partial charge in [0.15, 0.2) is 0 Å². The molecule has 5 heteroatoms. The molecule has 1 aliphatic heterocycles. The summed E-state index contributed by atoms with van der Waals surface area (Å²) >= 11 is 5.89. The van der Waals surface area contributed by atoms with Crippen LogP contribution in [0.1, 0.15) is 32.8 Å². The fourth-order valence-electron chi connectivity index (χ4n) is 2.42. The monoisotopic (exact) mass is 310 g/mol. The van der Waals surface area contributed by atoms with Crippen LogP contribution in [-0.2, 0) is 11.3 Å². The van der Waals surface area contributed by atoms with Crippen molar-refractivity contribution in [1.82, 2.24) is 10.2 Å². The molecule has 4 nitrogen and oxygen atoms in total. The van der Waals surface area contributed by atoms with E-state index in [1.165, 1.54) is 5.56 Å². The van der Waals surface area contributed by atoms with Crippen molar-refractivity contribution in [3.05, 3.63) is 34.9 Å². The fraction of sp³-hybridized carbons (Fsp3) is 0.562. The molecule has 1 amide bonds. The first-order chi connectivity index (χ1) is 9.82. The number of ether oxygens (including phenoxy) is 1. The molecule has 0 bridgehead atoms. The van der Waals surface area contributed by atoms with Gasteiger partial charge in [0, 0.05) is 30.7 Å². The number of alkyl carbamates (subject to hydrolysis) is 1. The van der Waals surface area contributed by atoms with Gasteiger partial charge in [-0.1, -0.05) is 23.7 Å². The lowest BCUT2D eigenvalue weighted by molar-refractivity contribution is 0.0506. The van der Waals surface area contributed by atoms with E-state index in [2.05, 4.69) is 10.2 Å². The van der Waals surface area contributed by atoms with Crippen LogP contribution < -0.4 is 5.32 Å². The van der Waals surface area contributed by atoms with Crippen molar-refractivity contribution in [3.8, 4) is 0 Å². The summed E-state index contributed by atoms with van der Waals surface area (Å²) in [6.45, 7) is 8.31. The minimum atomic E-state index is -0.453. The third-order valence-electron chi connectivity index (χ3n) is 3.31. The molecule has 0 aromatic heterocycles. The van der Waals surface area contributed by atoms with Crippen LogP contribution in [0.2, 0.25) is 5.02 Å². The maximum atomic E-state index is 11.8. The van der Waals surface area contributed by atoms with E-state index in [-0.39, 0.29) is 12.1 Å². The van der Waals surface area contributed by atoms with Gasteiger partial charge in [0.1, 0.15) is 5.60 Å². The van der Waals surface area contributed by atoms with Gasteiger partial charge in [0.2, 0.25) is 0 Å². The summed E-state index contributed by atoms with van der Waals surface area (Å²) in [6, 6.07) is 8.05. The van der Waals surface area contributed by atoms with E-state index < -0.39 is 5.60 Å². The van der Waals surface area contributed by atoms with E-state index >= 15 is 0 Å². The van der Waals surface area contributed by atoms with Gasteiger partial charge in [-0.25, -0.2) is 4.79 Å². The van der Waals surface area contributed by atoms with Gasteiger partial charge < -0.3 is 10.1 Å². The molecule has 0 saturated carbocycles. The number of likely N-dealkylation sites (tertiary alicyclic amines) is 1. The van der Waals surface area contributed by atoms with Gasteiger partial charge in [-0.3, -0.25) is 4.90 Å². The van der Waals surface area contributed by atoms with Gasteiger partial charge in [-0.05, 0) is 44.9 Å². The van der Waals surface area contributed by atoms with Crippen molar-refractivity contribution < 1.29 is 9.53 Å². The Morgan fingerprint density at radius 1 is 1.38 bits per heavy atom. The fourth-order valence-corrected chi connectivity index (χ4v) is 2.54. The standard InChI is InChI=1S/C16H23ClN2O2/c1-16(2,3)21-15(20)18-14-8-9-19(11-14)10-12-4-6-13(17)7-5-12/h4-7,14H,8-11H2,1-3H3,(H,18,20)/t14-/m0/s1. The number of hydrogen-bond acceptors (Lipinski definition) is 3. The number of carbonyl (C=O) groups is 1. The van der Waals surface area contributed by atoms with Gasteiger partial charge in [-0.2, -0.15) is 0 Å². The van der Waals surface area contributed by atoms with Crippen LogP contribution in [-0.4, -0.2) is 35.7 Å². The Morgan fingerprint density at radius 3 is 2.67 bits per heavy atom. The zero-order valence-corrected chi connectivity index (χ0v) is 13.6. The number of halogens is 1. The topological polar surface area (TPSA) is 41.6 Å². The van der Waals surface area contributed by atoms with Crippen molar-refractivity contribution in [1.29, 1.82) is 0 Å². The molecule has 1 aliphatic rings. The predicted molar refractivity (Wildman–Crippen MR) is 84.5 cm³/mol. The molecule has 0 aliphatic carbocycles. The molecule has 1 fully saturated rings. The second kappa shape index (κ2) is 6.67. The zero-order chi connectivity index (χ0) is 15.5. The molecule has 1 saturated heterocycles. The summed E-state index contributed by atoms with van der Waals surface area (Å²) < 4.78 is 5.28. The Hall–Kier alpha value is -1.26. The number of rotatable bonds is 3. The first-order valence-corrected chi connectivity index (χ1v) is 7.66. The lowest BCUT2D eigenvalue weighted by Crippen LogP contribution is -2.40. The molecule has 1 aromatic rings. The summed E-state index contributed by atoms with van der Waals surface area (Å²) in [6.07, 6.45) is 0.619. The minimum absolute atomic E-state index is 0.159.